The van der Waals surface area contributed by atoms with Crippen molar-refractivity contribution in [2.45, 2.75) is 37.1 Å². The molecule has 3 aromatic rings. The number of nitrogens with zero attached hydrogens (tertiary/aromatic N) is 5. The number of carbonyl (C=O) groups excluding carboxylic acids is 1. The summed E-state index contributed by atoms with van der Waals surface area (Å²) in [6.07, 6.45) is 2.95. The Hall–Kier alpha value is -3.17. The van der Waals surface area contributed by atoms with E-state index in [4.69, 9.17) is 9.47 Å². The lowest BCUT2D eigenvalue weighted by atomic mass is 10.1. The molecule has 2 aliphatic heterocycles. The molecule has 1 amide bonds. The number of methoxy groups -OCH3 is 1. The number of thioether (sulfide) groups is 1. The van der Waals surface area contributed by atoms with Gasteiger partial charge in [0.1, 0.15) is 5.75 Å². The molecule has 0 N–H and O–H groups in total. The molecule has 176 valence electrons. The van der Waals surface area contributed by atoms with Crippen LogP contribution in [0.1, 0.15) is 24.8 Å². The summed E-state index contributed by atoms with van der Waals surface area (Å²) in [5.74, 6) is 1.76. The molecular weight excluding hydrogens is 450 g/mol. The minimum atomic E-state index is -0.0337. The number of hydrogen-bond donors (Lipinski definition) is 0. The second-order valence-corrected chi connectivity index (χ2v) is 9.19. The molecule has 1 fully saturated rings. The van der Waals surface area contributed by atoms with Crippen molar-refractivity contribution in [2.24, 2.45) is 5.10 Å². The topological polar surface area (TPSA) is 81.8 Å². The van der Waals surface area contributed by atoms with Crippen molar-refractivity contribution < 1.29 is 14.3 Å². The monoisotopic (exact) mass is 477 g/mol. The third kappa shape index (κ3) is 5.00. The van der Waals surface area contributed by atoms with Gasteiger partial charge in [0.2, 0.25) is 0 Å². The molecule has 3 heterocycles. The summed E-state index contributed by atoms with van der Waals surface area (Å²) in [5.41, 5.74) is 2.95. The Morgan fingerprint density at radius 3 is 2.68 bits per heavy atom. The van der Waals surface area contributed by atoms with E-state index in [0.717, 1.165) is 54.3 Å². The first-order chi connectivity index (χ1) is 16.7. The largest absolute Gasteiger partial charge is 0.497 e. The standard InChI is InChI=1S/C25H27N5O3S/c1-32-20-11-9-19(10-12-20)24-26-27-25(29(24)16-21-8-5-15-33-21)34-17-23(31)30-14-13-22(28-30)18-6-3-2-4-7-18/h2-4,6-7,9-12,21H,5,8,13-17H2,1H3/t21-/m0/s1. The van der Waals surface area contributed by atoms with Gasteiger partial charge in [-0.1, -0.05) is 42.1 Å². The Morgan fingerprint density at radius 1 is 1.12 bits per heavy atom. The molecule has 0 saturated carbocycles. The third-order valence-corrected chi connectivity index (χ3v) is 6.95. The Bertz CT molecular complexity index is 1160. The average Bonchev–Trinajstić information content (AvgIpc) is 3.65. The van der Waals surface area contributed by atoms with Crippen LogP contribution in [-0.2, 0) is 16.1 Å². The van der Waals surface area contributed by atoms with Crippen LogP contribution in [0, 0.1) is 0 Å². The van der Waals surface area contributed by atoms with E-state index in [-0.39, 0.29) is 17.8 Å². The summed E-state index contributed by atoms with van der Waals surface area (Å²) >= 11 is 1.39. The highest BCUT2D eigenvalue weighted by Gasteiger charge is 2.25. The average molecular weight is 478 g/mol. The van der Waals surface area contributed by atoms with Gasteiger partial charge < -0.3 is 9.47 Å². The highest BCUT2D eigenvalue weighted by Crippen LogP contribution is 2.28. The quantitative estimate of drug-likeness (QED) is 0.458. The molecule has 0 radical (unpaired) electrons. The Kier molecular flexibility index (Phi) is 6.92. The van der Waals surface area contributed by atoms with Crippen LogP contribution in [0.5, 0.6) is 5.75 Å². The van der Waals surface area contributed by atoms with Gasteiger partial charge in [0.15, 0.2) is 11.0 Å². The second-order valence-electron chi connectivity index (χ2n) is 8.25. The number of amides is 1. The molecule has 9 heteroatoms. The SMILES string of the molecule is COc1ccc(-c2nnc(SCC(=O)N3CCC(c4ccccc4)=N3)n2C[C@@H]2CCCO2)cc1. The first-order valence-electron chi connectivity index (χ1n) is 11.5. The molecule has 5 rings (SSSR count). The fourth-order valence-corrected chi connectivity index (χ4v) is 4.99. The van der Waals surface area contributed by atoms with E-state index in [2.05, 4.69) is 19.9 Å². The van der Waals surface area contributed by atoms with Crippen molar-refractivity contribution in [3.8, 4) is 17.1 Å². The molecule has 1 saturated heterocycles. The Labute approximate surface area is 203 Å². The van der Waals surface area contributed by atoms with E-state index in [1.54, 1.807) is 12.1 Å². The van der Waals surface area contributed by atoms with Crippen LogP contribution in [0.4, 0.5) is 0 Å². The van der Waals surface area contributed by atoms with E-state index >= 15 is 0 Å². The van der Waals surface area contributed by atoms with Crippen molar-refractivity contribution in [2.75, 3.05) is 26.0 Å². The maximum Gasteiger partial charge on any atom is 0.253 e. The lowest BCUT2D eigenvalue weighted by Gasteiger charge is -2.15. The summed E-state index contributed by atoms with van der Waals surface area (Å²) in [5, 5.41) is 15.7. The zero-order valence-electron chi connectivity index (χ0n) is 19.1. The van der Waals surface area contributed by atoms with E-state index in [9.17, 15) is 4.79 Å². The third-order valence-electron chi connectivity index (χ3n) is 6.00. The highest BCUT2D eigenvalue weighted by molar-refractivity contribution is 7.99. The molecule has 0 spiro atoms. The highest BCUT2D eigenvalue weighted by atomic mass is 32.2. The molecule has 2 aromatic carbocycles. The molecule has 0 bridgehead atoms. The summed E-state index contributed by atoms with van der Waals surface area (Å²) < 4.78 is 13.2. The summed E-state index contributed by atoms with van der Waals surface area (Å²) in [6, 6.07) is 17.8. The first-order valence-corrected chi connectivity index (χ1v) is 12.4. The Balaban J connectivity index is 1.31. The lowest BCUT2D eigenvalue weighted by molar-refractivity contribution is -0.127. The van der Waals surface area contributed by atoms with Crippen LogP contribution < -0.4 is 4.74 Å². The number of rotatable bonds is 8. The molecule has 0 aliphatic carbocycles. The van der Waals surface area contributed by atoms with Crippen LogP contribution in [0.3, 0.4) is 0 Å². The fourth-order valence-electron chi connectivity index (χ4n) is 4.18. The number of carbonyl (C=O) groups is 1. The van der Waals surface area contributed by atoms with Gasteiger partial charge in [-0.15, -0.1) is 10.2 Å². The molecule has 8 nitrogen and oxygen atoms in total. The van der Waals surface area contributed by atoms with Crippen molar-refractivity contribution >= 4 is 23.4 Å². The minimum Gasteiger partial charge on any atom is -0.497 e. The van der Waals surface area contributed by atoms with E-state index in [1.807, 2.05) is 54.6 Å². The van der Waals surface area contributed by atoms with Crippen LogP contribution >= 0.6 is 11.8 Å². The van der Waals surface area contributed by atoms with Gasteiger partial charge in [-0.05, 0) is 42.7 Å². The van der Waals surface area contributed by atoms with E-state index in [0.29, 0.717) is 18.2 Å². The van der Waals surface area contributed by atoms with E-state index in [1.165, 1.54) is 11.8 Å². The van der Waals surface area contributed by atoms with Gasteiger partial charge in [-0.25, -0.2) is 5.01 Å². The number of hydrogen-bond acceptors (Lipinski definition) is 7. The van der Waals surface area contributed by atoms with Crippen molar-refractivity contribution in [3.05, 3.63) is 60.2 Å². The van der Waals surface area contributed by atoms with Gasteiger partial charge in [0.25, 0.3) is 5.91 Å². The maximum atomic E-state index is 12.9. The predicted molar refractivity (Wildman–Crippen MR) is 131 cm³/mol. The van der Waals surface area contributed by atoms with Gasteiger partial charge in [-0.2, -0.15) is 5.10 Å². The van der Waals surface area contributed by atoms with Crippen LogP contribution in [0.2, 0.25) is 0 Å². The van der Waals surface area contributed by atoms with Crippen molar-refractivity contribution in [3.63, 3.8) is 0 Å². The van der Waals surface area contributed by atoms with Crippen LogP contribution in [0.15, 0.2) is 64.9 Å². The predicted octanol–water partition coefficient (Wildman–Crippen LogP) is 3.86. The summed E-state index contributed by atoms with van der Waals surface area (Å²) in [4.78, 5) is 12.9. The number of hydrazone groups is 1. The number of benzene rings is 2. The van der Waals surface area contributed by atoms with Crippen LogP contribution in [-0.4, -0.2) is 63.5 Å². The zero-order valence-corrected chi connectivity index (χ0v) is 19.9. The first kappa shape index (κ1) is 22.6. The van der Waals surface area contributed by atoms with Crippen LogP contribution in [0.25, 0.3) is 11.4 Å². The smallest absolute Gasteiger partial charge is 0.253 e. The van der Waals surface area contributed by atoms with Gasteiger partial charge in [0, 0.05) is 18.6 Å². The minimum absolute atomic E-state index is 0.0337. The number of ether oxygens (including phenoxy) is 2. The molecule has 34 heavy (non-hydrogen) atoms. The molecule has 1 atom stereocenters. The molecule has 0 unspecified atom stereocenters. The zero-order chi connectivity index (χ0) is 23.3. The molecular formula is C25H27N5O3S. The second kappa shape index (κ2) is 10.4. The van der Waals surface area contributed by atoms with Gasteiger partial charge in [0.05, 0.1) is 37.8 Å². The lowest BCUT2D eigenvalue weighted by Crippen LogP contribution is -2.25. The molecule has 1 aromatic heterocycles. The van der Waals surface area contributed by atoms with Crippen molar-refractivity contribution in [1.82, 2.24) is 19.8 Å². The Morgan fingerprint density at radius 2 is 1.94 bits per heavy atom. The maximum absolute atomic E-state index is 12.9. The van der Waals surface area contributed by atoms with Gasteiger partial charge in [-0.3, -0.25) is 9.36 Å². The summed E-state index contributed by atoms with van der Waals surface area (Å²) in [6.45, 7) is 2.04. The molecule has 2 aliphatic rings. The van der Waals surface area contributed by atoms with Gasteiger partial charge >= 0.3 is 0 Å². The van der Waals surface area contributed by atoms with Crippen molar-refractivity contribution in [1.29, 1.82) is 0 Å². The van der Waals surface area contributed by atoms with E-state index < -0.39 is 0 Å². The fraction of sp³-hybridized carbons (Fsp3) is 0.360. The number of aromatic nitrogens is 3. The summed E-state index contributed by atoms with van der Waals surface area (Å²) in [7, 11) is 1.65. The normalized spacial score (nSPS) is 17.7.